The predicted octanol–water partition coefficient (Wildman–Crippen LogP) is 0.920. The number of nitrogens with one attached hydrogen (secondary N) is 1. The van der Waals surface area contributed by atoms with Crippen LogP contribution in [0, 0.1) is 5.92 Å². The predicted molar refractivity (Wildman–Crippen MR) is 82.3 cm³/mol. The molecule has 0 saturated carbocycles. The van der Waals surface area contributed by atoms with Crippen LogP contribution in [0.25, 0.3) is 0 Å². The molecule has 1 aliphatic heterocycles. The molecular weight excluding hydrogens is 270 g/mol. The van der Waals surface area contributed by atoms with Crippen LogP contribution in [-0.2, 0) is 4.79 Å². The highest BCUT2D eigenvalue weighted by atomic mass is 16.5. The molecule has 1 fully saturated rings. The average Bonchev–Trinajstić information content (AvgIpc) is 2.47. The van der Waals surface area contributed by atoms with Crippen molar-refractivity contribution in [2.24, 2.45) is 5.92 Å². The van der Waals surface area contributed by atoms with Gasteiger partial charge in [0.2, 0.25) is 5.91 Å². The number of amides is 1. The number of rotatable bonds is 5. The Morgan fingerprint density at radius 1 is 1.57 bits per heavy atom. The summed E-state index contributed by atoms with van der Waals surface area (Å²) in [5.74, 6) is 0.760. The summed E-state index contributed by atoms with van der Waals surface area (Å²) in [6, 6.07) is 5.14. The molecule has 0 bridgehead atoms. The van der Waals surface area contributed by atoms with Gasteiger partial charge in [-0.3, -0.25) is 9.69 Å². The van der Waals surface area contributed by atoms with Crippen molar-refractivity contribution in [2.45, 2.75) is 12.8 Å². The summed E-state index contributed by atoms with van der Waals surface area (Å²) in [5, 5.41) is 12.1. The molecule has 6 heteroatoms. The summed E-state index contributed by atoms with van der Waals surface area (Å²) in [4.78, 5) is 14.2. The molecule has 1 aromatic rings. The molecule has 116 valence electrons. The van der Waals surface area contributed by atoms with Crippen LogP contribution in [0.1, 0.15) is 12.8 Å². The lowest BCUT2D eigenvalue weighted by Crippen LogP contribution is -2.41. The Labute approximate surface area is 124 Å². The van der Waals surface area contributed by atoms with Crippen molar-refractivity contribution in [3.63, 3.8) is 0 Å². The lowest BCUT2D eigenvalue weighted by atomic mass is 9.99. The summed E-state index contributed by atoms with van der Waals surface area (Å²) >= 11 is 0. The fourth-order valence-electron chi connectivity index (χ4n) is 2.66. The van der Waals surface area contributed by atoms with Gasteiger partial charge in [-0.05, 0) is 43.5 Å². The van der Waals surface area contributed by atoms with Crippen molar-refractivity contribution < 1.29 is 14.6 Å². The number of piperidine rings is 1. The zero-order valence-electron chi connectivity index (χ0n) is 12.3. The number of nitrogens with zero attached hydrogens (tertiary/aromatic N) is 1. The van der Waals surface area contributed by atoms with Crippen molar-refractivity contribution in [1.82, 2.24) is 4.90 Å². The monoisotopic (exact) mass is 293 g/mol. The molecule has 0 aliphatic carbocycles. The molecule has 6 nitrogen and oxygen atoms in total. The van der Waals surface area contributed by atoms with E-state index in [0.29, 0.717) is 23.7 Å². The first kappa shape index (κ1) is 15.6. The van der Waals surface area contributed by atoms with Crippen molar-refractivity contribution in [2.75, 3.05) is 44.4 Å². The van der Waals surface area contributed by atoms with E-state index in [2.05, 4.69) is 10.2 Å². The standard InChI is InChI=1S/C15H23N3O3/c1-21-14-5-4-12(16)7-13(14)17-15(20)9-18-6-2-3-11(8-18)10-19/h4-5,7,11,19H,2-3,6,8-10,16H2,1H3,(H,17,20). The summed E-state index contributed by atoms with van der Waals surface area (Å²) < 4.78 is 5.21. The second-order valence-electron chi connectivity index (χ2n) is 5.43. The minimum Gasteiger partial charge on any atom is -0.495 e. The Bertz CT molecular complexity index is 493. The molecule has 0 radical (unpaired) electrons. The number of aliphatic hydroxyl groups excluding tert-OH is 1. The van der Waals surface area contributed by atoms with Crippen LogP contribution in [0.4, 0.5) is 11.4 Å². The number of carbonyl (C=O) groups excluding carboxylic acids is 1. The number of hydrogen-bond acceptors (Lipinski definition) is 5. The molecule has 0 aromatic heterocycles. The molecule has 1 unspecified atom stereocenters. The van der Waals surface area contributed by atoms with Crippen LogP contribution in [0.15, 0.2) is 18.2 Å². The second kappa shape index (κ2) is 7.28. The van der Waals surface area contributed by atoms with Crippen LogP contribution in [0.5, 0.6) is 5.75 Å². The molecule has 1 amide bonds. The van der Waals surface area contributed by atoms with E-state index in [-0.39, 0.29) is 18.4 Å². The highest BCUT2D eigenvalue weighted by Crippen LogP contribution is 2.26. The number of carbonyl (C=O) groups is 1. The van der Waals surface area contributed by atoms with E-state index in [1.165, 1.54) is 0 Å². The van der Waals surface area contributed by atoms with E-state index in [0.717, 1.165) is 25.9 Å². The van der Waals surface area contributed by atoms with Gasteiger partial charge in [0.25, 0.3) is 0 Å². The van der Waals surface area contributed by atoms with Gasteiger partial charge < -0.3 is 20.9 Å². The third-order valence-electron chi connectivity index (χ3n) is 3.73. The van der Waals surface area contributed by atoms with Gasteiger partial charge in [-0.2, -0.15) is 0 Å². The maximum absolute atomic E-state index is 12.1. The summed E-state index contributed by atoms with van der Waals surface area (Å²) in [6.45, 7) is 2.14. The Kier molecular flexibility index (Phi) is 5.41. The van der Waals surface area contributed by atoms with Gasteiger partial charge in [0.05, 0.1) is 19.3 Å². The van der Waals surface area contributed by atoms with E-state index in [4.69, 9.17) is 10.5 Å². The number of likely N-dealkylation sites (tertiary alicyclic amines) is 1. The first-order valence-electron chi connectivity index (χ1n) is 7.19. The zero-order valence-corrected chi connectivity index (χ0v) is 12.3. The molecule has 4 N–H and O–H groups in total. The number of benzene rings is 1. The van der Waals surface area contributed by atoms with Gasteiger partial charge >= 0.3 is 0 Å². The average molecular weight is 293 g/mol. The van der Waals surface area contributed by atoms with Crippen molar-refractivity contribution >= 4 is 17.3 Å². The first-order chi connectivity index (χ1) is 10.1. The molecule has 1 aliphatic rings. The fourth-order valence-corrected chi connectivity index (χ4v) is 2.66. The van der Waals surface area contributed by atoms with Gasteiger partial charge in [-0.25, -0.2) is 0 Å². The number of nitrogen functional groups attached to an aromatic ring is 1. The zero-order chi connectivity index (χ0) is 15.2. The van der Waals surface area contributed by atoms with E-state index in [1.54, 1.807) is 25.3 Å². The van der Waals surface area contributed by atoms with E-state index in [1.807, 2.05) is 0 Å². The molecule has 1 saturated heterocycles. The molecule has 21 heavy (non-hydrogen) atoms. The Balaban J connectivity index is 1.94. The highest BCUT2D eigenvalue weighted by Gasteiger charge is 2.21. The third kappa shape index (κ3) is 4.34. The third-order valence-corrected chi connectivity index (χ3v) is 3.73. The topological polar surface area (TPSA) is 87.8 Å². The quantitative estimate of drug-likeness (QED) is 0.703. The minimum absolute atomic E-state index is 0.0995. The second-order valence-corrected chi connectivity index (χ2v) is 5.43. The molecular formula is C15H23N3O3. The van der Waals surface area contributed by atoms with Crippen LogP contribution >= 0.6 is 0 Å². The van der Waals surface area contributed by atoms with Crippen molar-refractivity contribution in [3.8, 4) is 5.75 Å². The summed E-state index contributed by atoms with van der Waals surface area (Å²) in [6.07, 6.45) is 2.04. The smallest absolute Gasteiger partial charge is 0.238 e. The number of methoxy groups -OCH3 is 1. The maximum Gasteiger partial charge on any atom is 0.238 e. The molecule has 1 aromatic carbocycles. The lowest BCUT2D eigenvalue weighted by molar-refractivity contribution is -0.117. The number of hydrogen-bond donors (Lipinski definition) is 3. The fraction of sp³-hybridized carbons (Fsp3) is 0.533. The SMILES string of the molecule is COc1ccc(N)cc1NC(=O)CN1CCCC(CO)C1. The number of anilines is 2. The van der Waals surface area contributed by atoms with Crippen LogP contribution in [-0.4, -0.2) is 49.3 Å². The lowest BCUT2D eigenvalue weighted by Gasteiger charge is -2.31. The number of aliphatic hydroxyl groups is 1. The van der Waals surface area contributed by atoms with E-state index >= 15 is 0 Å². The van der Waals surface area contributed by atoms with Gasteiger partial charge in [0.15, 0.2) is 0 Å². The first-order valence-corrected chi connectivity index (χ1v) is 7.19. The summed E-state index contributed by atoms with van der Waals surface area (Å²) in [7, 11) is 1.55. The molecule has 0 spiro atoms. The van der Waals surface area contributed by atoms with Crippen molar-refractivity contribution in [3.05, 3.63) is 18.2 Å². The van der Waals surface area contributed by atoms with E-state index < -0.39 is 0 Å². The summed E-state index contributed by atoms with van der Waals surface area (Å²) in [5.41, 5.74) is 6.89. The molecule has 1 heterocycles. The van der Waals surface area contributed by atoms with Crippen LogP contribution in [0.2, 0.25) is 0 Å². The van der Waals surface area contributed by atoms with Gasteiger partial charge in [0.1, 0.15) is 5.75 Å². The number of nitrogens with two attached hydrogens (primary N) is 1. The normalized spacial score (nSPS) is 19.2. The van der Waals surface area contributed by atoms with Gasteiger partial charge in [-0.15, -0.1) is 0 Å². The van der Waals surface area contributed by atoms with Crippen LogP contribution in [0.3, 0.4) is 0 Å². The van der Waals surface area contributed by atoms with E-state index in [9.17, 15) is 9.90 Å². The van der Waals surface area contributed by atoms with Crippen molar-refractivity contribution in [1.29, 1.82) is 0 Å². The van der Waals surface area contributed by atoms with Gasteiger partial charge in [-0.1, -0.05) is 0 Å². The largest absolute Gasteiger partial charge is 0.495 e. The van der Waals surface area contributed by atoms with Gasteiger partial charge in [0, 0.05) is 18.8 Å². The Morgan fingerprint density at radius 3 is 3.10 bits per heavy atom. The minimum atomic E-state index is -0.0995. The Morgan fingerprint density at radius 2 is 2.38 bits per heavy atom. The van der Waals surface area contributed by atoms with Crippen LogP contribution < -0.4 is 15.8 Å². The highest BCUT2D eigenvalue weighted by molar-refractivity contribution is 5.94. The maximum atomic E-state index is 12.1. The molecule has 1 atom stereocenters. The number of ether oxygens (including phenoxy) is 1. The Hall–Kier alpha value is -1.79. The molecule has 2 rings (SSSR count).